The maximum Gasteiger partial charge on any atom is 0.0728 e. The first-order valence-corrected chi connectivity index (χ1v) is 7.06. The van der Waals surface area contributed by atoms with Gasteiger partial charge >= 0.3 is 0 Å². The van der Waals surface area contributed by atoms with Gasteiger partial charge in [0.25, 0.3) is 0 Å². The molecule has 0 bridgehead atoms. The van der Waals surface area contributed by atoms with Crippen LogP contribution in [0.1, 0.15) is 40.5 Å². The van der Waals surface area contributed by atoms with Crippen molar-refractivity contribution in [2.75, 3.05) is 20.2 Å². The van der Waals surface area contributed by atoms with Crippen molar-refractivity contribution >= 4 is 0 Å². The highest BCUT2D eigenvalue weighted by molar-refractivity contribution is 5.01. The Bertz CT molecular complexity index is 271. The van der Waals surface area contributed by atoms with Gasteiger partial charge in [-0.1, -0.05) is 6.92 Å². The largest absolute Gasteiger partial charge is 0.377 e. The molecule has 0 aromatic heterocycles. The Kier molecular flexibility index (Phi) is 3.81. The third-order valence-electron chi connectivity index (χ3n) is 5.45. The van der Waals surface area contributed by atoms with Crippen molar-refractivity contribution in [2.45, 2.75) is 64.3 Å². The lowest BCUT2D eigenvalue weighted by atomic mass is 9.81. The van der Waals surface area contributed by atoms with Gasteiger partial charge in [0.2, 0.25) is 0 Å². The molecule has 1 N–H and O–H groups in total. The van der Waals surface area contributed by atoms with Crippen LogP contribution < -0.4 is 5.32 Å². The van der Waals surface area contributed by atoms with Crippen LogP contribution in [-0.2, 0) is 4.74 Å². The van der Waals surface area contributed by atoms with Gasteiger partial charge < -0.3 is 10.1 Å². The number of piperidine rings is 1. The minimum absolute atomic E-state index is 0.242. The molecule has 2 heterocycles. The highest BCUT2D eigenvalue weighted by Gasteiger charge is 2.47. The highest BCUT2D eigenvalue weighted by Crippen LogP contribution is 2.37. The summed E-state index contributed by atoms with van der Waals surface area (Å²) in [5.74, 6) is 0.707. The fourth-order valence-corrected chi connectivity index (χ4v) is 3.69. The van der Waals surface area contributed by atoms with Gasteiger partial charge in [-0.15, -0.1) is 0 Å². The summed E-state index contributed by atoms with van der Waals surface area (Å²) in [5.41, 5.74) is 0.242. The fraction of sp³-hybridized carbons (Fsp3) is 1.00. The molecule has 100 valence electrons. The molecule has 0 aliphatic carbocycles. The Labute approximate surface area is 106 Å². The van der Waals surface area contributed by atoms with E-state index in [0.717, 1.165) is 6.61 Å². The van der Waals surface area contributed by atoms with E-state index in [-0.39, 0.29) is 5.54 Å². The van der Waals surface area contributed by atoms with E-state index in [1.54, 1.807) is 0 Å². The second-order valence-corrected chi connectivity index (χ2v) is 6.10. The van der Waals surface area contributed by atoms with Crippen molar-refractivity contribution in [2.24, 2.45) is 5.92 Å². The summed E-state index contributed by atoms with van der Waals surface area (Å²) in [7, 11) is 2.09. The van der Waals surface area contributed by atoms with E-state index in [1.165, 1.54) is 19.4 Å². The molecule has 3 heteroatoms. The number of ether oxygens (including phenoxy) is 1. The van der Waals surface area contributed by atoms with Gasteiger partial charge in [-0.05, 0) is 46.6 Å². The molecule has 0 radical (unpaired) electrons. The van der Waals surface area contributed by atoms with E-state index in [1.807, 2.05) is 0 Å². The molecular weight excluding hydrogens is 212 g/mol. The fourth-order valence-electron chi connectivity index (χ4n) is 3.69. The Hall–Kier alpha value is -0.120. The molecule has 5 unspecified atom stereocenters. The molecule has 2 saturated heterocycles. The standard InChI is InChI=1S/C14H28N2O/c1-10-11(2)16(8-6-13(10)15-5)14(4)7-9-17-12(14)3/h10-13,15H,6-9H2,1-5H3. The molecular formula is C14H28N2O. The first kappa shape index (κ1) is 13.3. The predicted octanol–water partition coefficient (Wildman–Crippen LogP) is 1.87. The number of nitrogens with one attached hydrogen (secondary N) is 1. The zero-order valence-corrected chi connectivity index (χ0v) is 12.0. The monoisotopic (exact) mass is 240 g/mol. The molecule has 2 fully saturated rings. The van der Waals surface area contributed by atoms with Gasteiger partial charge in [0.05, 0.1) is 6.10 Å². The highest BCUT2D eigenvalue weighted by atomic mass is 16.5. The molecule has 2 rings (SSSR count). The smallest absolute Gasteiger partial charge is 0.0728 e. The quantitative estimate of drug-likeness (QED) is 0.797. The zero-order valence-electron chi connectivity index (χ0n) is 12.0. The molecule has 2 aliphatic heterocycles. The zero-order chi connectivity index (χ0) is 12.6. The van der Waals surface area contributed by atoms with Crippen LogP contribution in [0.4, 0.5) is 0 Å². The van der Waals surface area contributed by atoms with Crippen molar-refractivity contribution in [1.29, 1.82) is 0 Å². The average Bonchev–Trinajstić information content (AvgIpc) is 2.64. The lowest BCUT2D eigenvalue weighted by Crippen LogP contribution is -2.62. The van der Waals surface area contributed by atoms with E-state index in [4.69, 9.17) is 4.74 Å². The summed E-state index contributed by atoms with van der Waals surface area (Å²) in [6.07, 6.45) is 2.79. The van der Waals surface area contributed by atoms with Crippen LogP contribution in [0, 0.1) is 5.92 Å². The molecule has 0 amide bonds. The Morgan fingerprint density at radius 3 is 2.53 bits per heavy atom. The maximum absolute atomic E-state index is 5.80. The molecule has 0 spiro atoms. The summed E-state index contributed by atoms with van der Waals surface area (Å²) in [4.78, 5) is 2.70. The van der Waals surface area contributed by atoms with Gasteiger partial charge in [-0.2, -0.15) is 0 Å². The Morgan fingerprint density at radius 1 is 1.29 bits per heavy atom. The van der Waals surface area contributed by atoms with Crippen molar-refractivity contribution in [3.8, 4) is 0 Å². The van der Waals surface area contributed by atoms with Crippen LogP contribution in [-0.4, -0.2) is 48.8 Å². The topological polar surface area (TPSA) is 24.5 Å². The van der Waals surface area contributed by atoms with Gasteiger partial charge in [0.1, 0.15) is 0 Å². The van der Waals surface area contributed by atoms with Crippen molar-refractivity contribution in [3.05, 3.63) is 0 Å². The first-order valence-electron chi connectivity index (χ1n) is 7.06. The minimum Gasteiger partial charge on any atom is -0.377 e. The summed E-state index contributed by atoms with van der Waals surface area (Å²) in [6.45, 7) is 11.5. The van der Waals surface area contributed by atoms with E-state index >= 15 is 0 Å². The van der Waals surface area contributed by atoms with Crippen LogP contribution in [0.2, 0.25) is 0 Å². The van der Waals surface area contributed by atoms with Crippen molar-refractivity contribution in [1.82, 2.24) is 10.2 Å². The van der Waals surface area contributed by atoms with Gasteiger partial charge in [-0.3, -0.25) is 4.90 Å². The normalized spacial score (nSPS) is 48.5. The number of hydrogen-bond donors (Lipinski definition) is 1. The molecule has 5 atom stereocenters. The first-order chi connectivity index (χ1) is 8.00. The lowest BCUT2D eigenvalue weighted by Gasteiger charge is -2.51. The summed E-state index contributed by atoms with van der Waals surface area (Å²) in [5, 5.41) is 3.46. The van der Waals surface area contributed by atoms with Gasteiger partial charge in [0, 0.05) is 30.8 Å². The van der Waals surface area contributed by atoms with Crippen molar-refractivity contribution < 1.29 is 4.74 Å². The molecule has 0 saturated carbocycles. The third kappa shape index (κ3) is 2.13. The lowest BCUT2D eigenvalue weighted by molar-refractivity contribution is -0.0389. The van der Waals surface area contributed by atoms with E-state index in [2.05, 4.69) is 45.0 Å². The van der Waals surface area contributed by atoms with E-state index in [0.29, 0.717) is 24.1 Å². The predicted molar refractivity (Wildman–Crippen MR) is 71.2 cm³/mol. The van der Waals surface area contributed by atoms with E-state index in [9.17, 15) is 0 Å². The average molecular weight is 240 g/mol. The number of rotatable bonds is 2. The Balaban J connectivity index is 2.12. The maximum atomic E-state index is 5.80. The van der Waals surface area contributed by atoms with E-state index < -0.39 is 0 Å². The molecule has 3 nitrogen and oxygen atoms in total. The Morgan fingerprint density at radius 2 is 2.00 bits per heavy atom. The second-order valence-electron chi connectivity index (χ2n) is 6.10. The van der Waals surface area contributed by atoms with Crippen LogP contribution in [0.3, 0.4) is 0 Å². The molecule has 17 heavy (non-hydrogen) atoms. The molecule has 0 aromatic rings. The molecule has 0 aromatic carbocycles. The van der Waals surface area contributed by atoms with Gasteiger partial charge in [0.15, 0.2) is 0 Å². The van der Waals surface area contributed by atoms with Crippen molar-refractivity contribution in [3.63, 3.8) is 0 Å². The second kappa shape index (κ2) is 4.87. The number of likely N-dealkylation sites (tertiary alicyclic amines) is 1. The summed E-state index contributed by atoms with van der Waals surface area (Å²) >= 11 is 0. The minimum atomic E-state index is 0.242. The van der Waals surface area contributed by atoms with Crippen LogP contribution in [0.5, 0.6) is 0 Å². The van der Waals surface area contributed by atoms with Crippen LogP contribution in [0.15, 0.2) is 0 Å². The molecule has 2 aliphatic rings. The number of nitrogens with zero attached hydrogens (tertiary/aromatic N) is 1. The number of hydrogen-bond acceptors (Lipinski definition) is 3. The third-order valence-corrected chi connectivity index (χ3v) is 5.45. The SMILES string of the molecule is CNC1CCN(C2(C)CCOC2C)C(C)C1C. The van der Waals surface area contributed by atoms with Crippen LogP contribution >= 0.6 is 0 Å². The summed E-state index contributed by atoms with van der Waals surface area (Å²) in [6, 6.07) is 1.30. The van der Waals surface area contributed by atoms with Gasteiger partial charge in [-0.25, -0.2) is 0 Å². The summed E-state index contributed by atoms with van der Waals surface area (Å²) < 4.78 is 5.80. The van der Waals surface area contributed by atoms with Crippen LogP contribution in [0.25, 0.3) is 0 Å².